The van der Waals surface area contributed by atoms with E-state index < -0.39 is 49.2 Å². The third kappa shape index (κ3) is 4.37. The highest BCUT2D eigenvalue weighted by Crippen LogP contribution is 2.32. The maximum atomic E-state index is 11.8. The normalized spacial score (nSPS) is 40.4. The van der Waals surface area contributed by atoms with Gasteiger partial charge in [0, 0.05) is 5.92 Å². The Balaban J connectivity index is 1.99. The van der Waals surface area contributed by atoms with Gasteiger partial charge in [0.15, 0.2) is 6.29 Å². The van der Waals surface area contributed by atoms with Crippen molar-refractivity contribution in [2.24, 2.45) is 17.8 Å². The molecule has 0 radical (unpaired) electrons. The Labute approximate surface area is 145 Å². The summed E-state index contributed by atoms with van der Waals surface area (Å²) in [4.78, 5) is 11.8. The monoisotopic (exact) mass is 362 g/mol. The Kier molecular flexibility index (Phi) is 7.32. The molecule has 2 heterocycles. The summed E-state index contributed by atoms with van der Waals surface area (Å²) in [5.41, 5.74) is 0. The third-order valence-electron chi connectivity index (χ3n) is 4.87. The molecule has 0 spiro atoms. The van der Waals surface area contributed by atoms with Crippen LogP contribution < -0.4 is 0 Å². The van der Waals surface area contributed by atoms with E-state index >= 15 is 0 Å². The van der Waals surface area contributed by atoms with Gasteiger partial charge in [0.1, 0.15) is 24.4 Å². The molecule has 25 heavy (non-hydrogen) atoms. The summed E-state index contributed by atoms with van der Waals surface area (Å²) >= 11 is 0. The number of carbonyl (C=O) groups is 1. The van der Waals surface area contributed by atoms with Gasteiger partial charge in [-0.2, -0.15) is 0 Å². The molecule has 0 saturated carbocycles. The zero-order valence-electron chi connectivity index (χ0n) is 13.8. The van der Waals surface area contributed by atoms with Gasteiger partial charge < -0.3 is 39.7 Å². The van der Waals surface area contributed by atoms with Crippen LogP contribution in [0, 0.1) is 17.8 Å². The second-order valence-electron chi connectivity index (χ2n) is 6.34. The zero-order chi connectivity index (χ0) is 18.6. The molecule has 9 nitrogen and oxygen atoms in total. The quantitative estimate of drug-likeness (QED) is 0.251. The summed E-state index contributed by atoms with van der Waals surface area (Å²) < 4.78 is 15.7. The Bertz CT molecular complexity index is 455. The summed E-state index contributed by atoms with van der Waals surface area (Å²) in [6.07, 6.45) is -4.65. The van der Waals surface area contributed by atoms with Crippen LogP contribution in [0.25, 0.3) is 0 Å². The largest absolute Gasteiger partial charge is 0.465 e. The highest BCUT2D eigenvalue weighted by Gasteiger charge is 2.45. The predicted molar refractivity (Wildman–Crippen MR) is 83.0 cm³/mol. The molecule has 2 unspecified atom stereocenters. The lowest BCUT2D eigenvalue weighted by molar-refractivity contribution is -0.303. The molecule has 0 amide bonds. The van der Waals surface area contributed by atoms with E-state index in [1.54, 1.807) is 6.08 Å². The summed E-state index contributed by atoms with van der Waals surface area (Å²) in [6.45, 7) is 3.08. The van der Waals surface area contributed by atoms with Crippen LogP contribution >= 0.6 is 0 Å². The molecule has 2 fully saturated rings. The van der Waals surface area contributed by atoms with Crippen LogP contribution in [0.3, 0.4) is 0 Å². The van der Waals surface area contributed by atoms with Gasteiger partial charge in [0.05, 0.1) is 32.3 Å². The van der Waals surface area contributed by atoms with Gasteiger partial charge in [0.2, 0.25) is 0 Å². The molecule has 2 saturated heterocycles. The Hall–Kier alpha value is -1.07. The van der Waals surface area contributed by atoms with Gasteiger partial charge in [-0.1, -0.05) is 6.08 Å². The van der Waals surface area contributed by atoms with E-state index in [0.29, 0.717) is 6.42 Å². The molecule has 2 aliphatic rings. The Morgan fingerprint density at radius 3 is 2.52 bits per heavy atom. The van der Waals surface area contributed by atoms with Crippen LogP contribution in [0.1, 0.15) is 6.42 Å². The summed E-state index contributed by atoms with van der Waals surface area (Å²) in [5, 5.41) is 48.1. The van der Waals surface area contributed by atoms with E-state index in [0.717, 1.165) is 0 Å². The zero-order valence-corrected chi connectivity index (χ0v) is 13.8. The summed E-state index contributed by atoms with van der Waals surface area (Å²) in [7, 11) is 0. The van der Waals surface area contributed by atoms with Crippen molar-refractivity contribution >= 4 is 5.97 Å². The highest BCUT2D eigenvalue weighted by molar-refractivity contribution is 5.73. The lowest BCUT2D eigenvalue weighted by Gasteiger charge is -2.40. The van der Waals surface area contributed by atoms with Crippen molar-refractivity contribution in [3.63, 3.8) is 0 Å². The molecular weight excluding hydrogens is 336 g/mol. The second-order valence-corrected chi connectivity index (χ2v) is 6.34. The number of carbonyl (C=O) groups excluding carboxylic acids is 1. The molecular formula is C16H26O9. The van der Waals surface area contributed by atoms with Crippen molar-refractivity contribution < 1.29 is 44.5 Å². The van der Waals surface area contributed by atoms with Crippen LogP contribution in [0.4, 0.5) is 0 Å². The number of rotatable bonds is 7. The van der Waals surface area contributed by atoms with Gasteiger partial charge in [-0.05, 0) is 12.3 Å². The van der Waals surface area contributed by atoms with Gasteiger partial charge in [0.25, 0.3) is 0 Å². The number of aliphatic hydroxyl groups excluding tert-OH is 5. The fourth-order valence-corrected chi connectivity index (χ4v) is 3.28. The molecule has 2 aliphatic heterocycles. The van der Waals surface area contributed by atoms with Crippen LogP contribution in [-0.2, 0) is 19.0 Å². The first-order valence-electron chi connectivity index (χ1n) is 8.26. The maximum Gasteiger partial charge on any atom is 0.311 e. The van der Waals surface area contributed by atoms with Crippen molar-refractivity contribution in [2.75, 3.05) is 26.4 Å². The molecule has 2 rings (SSSR count). The number of aliphatic hydroxyl groups is 5. The standard InChI is InChI=1S/C16H26O9/c1-2-8(9-3-4-23-15(22)10(9)5-17)7-24-16-14(21)13(20)12(19)11(6-18)25-16/h2,8-14,16-21H,1,3-7H2/t8-,9?,10?,11+,12+,13-,14+,16+/m0/s1. The lowest BCUT2D eigenvalue weighted by atomic mass is 9.78. The van der Waals surface area contributed by atoms with Crippen LogP contribution in [-0.4, -0.2) is 88.6 Å². The van der Waals surface area contributed by atoms with Crippen molar-refractivity contribution in [1.82, 2.24) is 0 Å². The fourth-order valence-electron chi connectivity index (χ4n) is 3.28. The number of cyclic esters (lactones) is 1. The second kappa shape index (κ2) is 9.04. The molecule has 5 N–H and O–H groups in total. The first-order valence-corrected chi connectivity index (χ1v) is 8.26. The molecule has 0 bridgehead atoms. The van der Waals surface area contributed by atoms with Gasteiger partial charge in [-0.3, -0.25) is 4.79 Å². The van der Waals surface area contributed by atoms with E-state index in [9.17, 15) is 30.3 Å². The minimum atomic E-state index is -1.52. The number of esters is 1. The van der Waals surface area contributed by atoms with Crippen molar-refractivity contribution in [2.45, 2.75) is 37.1 Å². The van der Waals surface area contributed by atoms with Crippen molar-refractivity contribution in [3.8, 4) is 0 Å². The van der Waals surface area contributed by atoms with E-state index in [-0.39, 0.29) is 31.7 Å². The van der Waals surface area contributed by atoms with E-state index in [2.05, 4.69) is 6.58 Å². The van der Waals surface area contributed by atoms with Crippen molar-refractivity contribution in [1.29, 1.82) is 0 Å². The minimum Gasteiger partial charge on any atom is -0.465 e. The minimum absolute atomic E-state index is 0.0145. The van der Waals surface area contributed by atoms with E-state index in [4.69, 9.17) is 14.2 Å². The smallest absolute Gasteiger partial charge is 0.311 e. The molecule has 0 aromatic rings. The van der Waals surface area contributed by atoms with E-state index in [1.807, 2.05) is 0 Å². The molecule has 144 valence electrons. The van der Waals surface area contributed by atoms with Crippen molar-refractivity contribution in [3.05, 3.63) is 12.7 Å². The first-order chi connectivity index (χ1) is 11.9. The van der Waals surface area contributed by atoms with E-state index in [1.165, 1.54) is 0 Å². The van der Waals surface area contributed by atoms with Gasteiger partial charge in [-0.25, -0.2) is 0 Å². The van der Waals surface area contributed by atoms with Gasteiger partial charge in [-0.15, -0.1) is 6.58 Å². The summed E-state index contributed by atoms with van der Waals surface area (Å²) in [6, 6.07) is 0. The lowest BCUT2D eigenvalue weighted by Crippen LogP contribution is -2.59. The molecule has 8 atom stereocenters. The fraction of sp³-hybridized carbons (Fsp3) is 0.812. The number of hydrogen-bond donors (Lipinski definition) is 5. The molecule has 9 heteroatoms. The first kappa shape index (κ1) is 20.2. The van der Waals surface area contributed by atoms with Crippen LogP contribution in [0.2, 0.25) is 0 Å². The Morgan fingerprint density at radius 2 is 1.92 bits per heavy atom. The Morgan fingerprint density at radius 1 is 1.20 bits per heavy atom. The highest BCUT2D eigenvalue weighted by atomic mass is 16.7. The maximum absolute atomic E-state index is 11.8. The number of hydrogen-bond acceptors (Lipinski definition) is 9. The summed E-state index contributed by atoms with van der Waals surface area (Å²) in [5.74, 6) is -1.72. The average Bonchev–Trinajstić information content (AvgIpc) is 2.62. The average molecular weight is 362 g/mol. The molecule has 0 aliphatic carbocycles. The molecule has 0 aromatic carbocycles. The van der Waals surface area contributed by atoms with Gasteiger partial charge >= 0.3 is 5.97 Å². The SMILES string of the molecule is C=C[C@@H](CO[C@@H]1O[C@H](CO)[C@@H](O)[C@H](O)[C@H]1O)C1CCOC(=O)C1CO. The van der Waals surface area contributed by atoms with Crippen LogP contribution in [0.5, 0.6) is 0 Å². The topological polar surface area (TPSA) is 146 Å². The predicted octanol–water partition coefficient (Wildman–Crippen LogP) is -2.22. The third-order valence-corrected chi connectivity index (χ3v) is 4.87. The molecule has 0 aromatic heterocycles. The van der Waals surface area contributed by atoms with Crippen LogP contribution in [0.15, 0.2) is 12.7 Å². The number of ether oxygens (including phenoxy) is 3.